The van der Waals surface area contributed by atoms with Crippen LogP contribution in [0, 0.1) is 23.2 Å². The van der Waals surface area contributed by atoms with E-state index in [1.165, 1.54) is 23.1 Å². The third kappa shape index (κ3) is 4.79. The van der Waals surface area contributed by atoms with Crippen molar-refractivity contribution in [3.63, 3.8) is 0 Å². The quantitative estimate of drug-likeness (QED) is 0.367. The van der Waals surface area contributed by atoms with Crippen LogP contribution in [0.5, 0.6) is 0 Å². The van der Waals surface area contributed by atoms with Gasteiger partial charge in [0.25, 0.3) is 0 Å². The molecule has 33 heavy (non-hydrogen) atoms. The molecule has 2 aliphatic rings. The highest BCUT2D eigenvalue weighted by Gasteiger charge is 2.45. The maximum absolute atomic E-state index is 9.26. The van der Waals surface area contributed by atoms with Crippen LogP contribution in [0.1, 0.15) is 46.9 Å². The Labute approximate surface area is 210 Å². The van der Waals surface area contributed by atoms with Gasteiger partial charge in [-0.15, -0.1) is 0 Å². The van der Waals surface area contributed by atoms with Gasteiger partial charge in [0.15, 0.2) is 0 Å². The highest BCUT2D eigenvalue weighted by Crippen LogP contribution is 2.53. The summed E-state index contributed by atoms with van der Waals surface area (Å²) in [6, 6.07) is 24.5. The Morgan fingerprint density at radius 3 is 2.42 bits per heavy atom. The molecule has 2 fully saturated rings. The fourth-order valence-electron chi connectivity index (χ4n) is 6.01. The minimum Gasteiger partial charge on any atom is -0.298 e. The van der Waals surface area contributed by atoms with E-state index in [9.17, 15) is 5.26 Å². The second-order valence-electron chi connectivity index (χ2n) is 9.36. The number of hydrogen-bond donors (Lipinski definition) is 0. The Morgan fingerprint density at radius 1 is 0.879 bits per heavy atom. The zero-order valence-electron chi connectivity index (χ0n) is 18.2. The van der Waals surface area contributed by atoms with Crippen molar-refractivity contribution < 1.29 is 0 Å². The molecule has 0 amide bonds. The van der Waals surface area contributed by atoms with Crippen LogP contribution >= 0.6 is 34.8 Å². The van der Waals surface area contributed by atoms with Crippen molar-refractivity contribution in [3.8, 4) is 6.07 Å². The first kappa shape index (κ1) is 22.8. The van der Waals surface area contributed by atoms with Crippen molar-refractivity contribution in [1.29, 1.82) is 5.26 Å². The van der Waals surface area contributed by atoms with Crippen molar-refractivity contribution >= 4 is 34.8 Å². The van der Waals surface area contributed by atoms with E-state index >= 15 is 0 Å². The summed E-state index contributed by atoms with van der Waals surface area (Å²) in [7, 11) is 0. The van der Waals surface area contributed by atoms with Crippen molar-refractivity contribution in [2.24, 2.45) is 11.8 Å². The molecule has 4 unspecified atom stereocenters. The van der Waals surface area contributed by atoms with E-state index in [4.69, 9.17) is 34.8 Å². The van der Waals surface area contributed by atoms with Gasteiger partial charge in [0.1, 0.15) is 0 Å². The predicted molar refractivity (Wildman–Crippen MR) is 136 cm³/mol. The lowest BCUT2D eigenvalue weighted by Crippen LogP contribution is -2.31. The summed E-state index contributed by atoms with van der Waals surface area (Å²) >= 11 is 19.1. The first-order valence-corrected chi connectivity index (χ1v) is 12.6. The molecule has 1 saturated heterocycles. The molecule has 168 valence electrons. The first-order chi connectivity index (χ1) is 16.0. The number of benzene rings is 3. The Hall–Kier alpha value is -2.02. The normalized spacial score (nSPS) is 24.9. The lowest BCUT2D eigenvalue weighted by atomic mass is 9.63. The lowest BCUT2D eigenvalue weighted by Gasteiger charge is -2.41. The number of likely N-dealkylation sites (tertiary alicyclic amines) is 1. The first-order valence-electron chi connectivity index (χ1n) is 11.4. The molecule has 3 aromatic carbocycles. The van der Waals surface area contributed by atoms with Crippen LogP contribution in [0.2, 0.25) is 15.1 Å². The molecule has 0 bridgehead atoms. The van der Waals surface area contributed by atoms with E-state index in [1.54, 1.807) is 0 Å². The zero-order valence-corrected chi connectivity index (χ0v) is 20.5. The van der Waals surface area contributed by atoms with Gasteiger partial charge in [0.2, 0.25) is 0 Å². The molecule has 4 atom stereocenters. The van der Waals surface area contributed by atoms with Crippen LogP contribution < -0.4 is 0 Å². The molecule has 1 aliphatic heterocycles. The summed E-state index contributed by atoms with van der Waals surface area (Å²) in [6.07, 6.45) is 2.29. The van der Waals surface area contributed by atoms with Crippen molar-refractivity contribution in [1.82, 2.24) is 4.90 Å². The Morgan fingerprint density at radius 2 is 1.67 bits per heavy atom. The molecule has 3 aromatic rings. The van der Waals surface area contributed by atoms with E-state index in [-0.39, 0.29) is 0 Å². The average Bonchev–Trinajstić information content (AvgIpc) is 3.22. The van der Waals surface area contributed by atoms with Crippen molar-refractivity contribution in [2.45, 2.75) is 31.2 Å². The van der Waals surface area contributed by atoms with Crippen LogP contribution in [-0.2, 0) is 6.54 Å². The Kier molecular flexibility index (Phi) is 6.68. The van der Waals surface area contributed by atoms with E-state index in [2.05, 4.69) is 35.2 Å². The molecule has 0 radical (unpaired) electrons. The number of hydrogen-bond acceptors (Lipinski definition) is 2. The third-order valence-corrected chi connectivity index (χ3v) is 8.20. The summed E-state index contributed by atoms with van der Waals surface area (Å²) in [5.41, 5.74) is 4.45. The maximum Gasteiger partial charge on any atom is 0.0991 e. The number of fused-ring (bicyclic) bond motifs is 1. The summed E-state index contributed by atoms with van der Waals surface area (Å²) < 4.78 is 0. The van der Waals surface area contributed by atoms with Gasteiger partial charge in [0.05, 0.1) is 11.6 Å². The maximum atomic E-state index is 9.26. The molecule has 1 heterocycles. The van der Waals surface area contributed by atoms with Gasteiger partial charge in [-0.25, -0.2) is 0 Å². The minimum absolute atomic E-state index is 0.346. The standard InChI is InChI=1S/C28H25Cl3N2/c29-22-7-4-20(5-8-22)28-25(24-11-9-23(30)13-27(24)31)10-6-21-16-33(17-26(21)28)15-19-3-1-2-18(12-19)14-32/h1-5,7-9,11-13,21,25-26,28H,6,10,15-17H2. The van der Waals surface area contributed by atoms with Gasteiger partial charge in [-0.1, -0.05) is 65.1 Å². The number of nitrogens with zero attached hydrogens (tertiary/aromatic N) is 2. The molecular formula is C28H25Cl3N2. The largest absolute Gasteiger partial charge is 0.298 e. The molecule has 2 nitrogen and oxygen atoms in total. The van der Waals surface area contributed by atoms with Gasteiger partial charge in [-0.3, -0.25) is 4.90 Å². The molecule has 1 saturated carbocycles. The van der Waals surface area contributed by atoms with Crippen LogP contribution in [0.15, 0.2) is 66.7 Å². The molecular weight excluding hydrogens is 471 g/mol. The second-order valence-corrected chi connectivity index (χ2v) is 10.6. The second kappa shape index (κ2) is 9.69. The topological polar surface area (TPSA) is 27.0 Å². The highest BCUT2D eigenvalue weighted by molar-refractivity contribution is 6.35. The summed E-state index contributed by atoms with van der Waals surface area (Å²) in [5, 5.41) is 11.4. The highest BCUT2D eigenvalue weighted by atomic mass is 35.5. The number of rotatable bonds is 4. The van der Waals surface area contributed by atoms with E-state index in [1.807, 2.05) is 42.5 Å². The number of nitriles is 1. The molecule has 5 rings (SSSR count). The third-order valence-electron chi connectivity index (χ3n) is 7.39. The Bertz CT molecular complexity index is 1180. The van der Waals surface area contributed by atoms with Crippen LogP contribution in [0.3, 0.4) is 0 Å². The number of halogens is 3. The zero-order chi connectivity index (χ0) is 22.9. The molecule has 5 heteroatoms. The molecule has 1 aliphatic carbocycles. The van der Waals surface area contributed by atoms with Gasteiger partial charge in [-0.05, 0) is 89.6 Å². The fraction of sp³-hybridized carbons (Fsp3) is 0.321. The van der Waals surface area contributed by atoms with Gasteiger partial charge in [0, 0.05) is 34.7 Å². The Balaban J connectivity index is 1.46. The monoisotopic (exact) mass is 494 g/mol. The van der Waals surface area contributed by atoms with Gasteiger partial charge in [-0.2, -0.15) is 5.26 Å². The van der Waals surface area contributed by atoms with E-state index in [0.29, 0.717) is 28.7 Å². The van der Waals surface area contributed by atoms with Gasteiger partial charge >= 0.3 is 0 Å². The van der Waals surface area contributed by atoms with Crippen molar-refractivity contribution in [3.05, 3.63) is 104 Å². The average molecular weight is 496 g/mol. The summed E-state index contributed by atoms with van der Waals surface area (Å²) in [5.74, 6) is 1.90. The lowest BCUT2D eigenvalue weighted by molar-refractivity contribution is 0.227. The van der Waals surface area contributed by atoms with E-state index < -0.39 is 0 Å². The van der Waals surface area contributed by atoms with E-state index in [0.717, 1.165) is 41.7 Å². The molecule has 0 aromatic heterocycles. The summed E-state index contributed by atoms with van der Waals surface area (Å²) in [4.78, 5) is 2.56. The van der Waals surface area contributed by atoms with Crippen LogP contribution in [0.4, 0.5) is 0 Å². The smallest absolute Gasteiger partial charge is 0.0991 e. The molecule has 0 spiro atoms. The minimum atomic E-state index is 0.346. The molecule has 0 N–H and O–H groups in total. The SMILES string of the molecule is N#Cc1cccc(CN2CC3CCC(c4ccc(Cl)cc4Cl)C(c4ccc(Cl)cc4)C3C2)c1. The fourth-order valence-corrected chi connectivity index (χ4v) is 6.69. The predicted octanol–water partition coefficient (Wildman–Crippen LogP) is 7.93. The van der Waals surface area contributed by atoms with Gasteiger partial charge < -0.3 is 0 Å². The van der Waals surface area contributed by atoms with Crippen molar-refractivity contribution in [2.75, 3.05) is 13.1 Å². The summed E-state index contributed by atoms with van der Waals surface area (Å²) in [6.45, 7) is 3.01. The van der Waals surface area contributed by atoms with Crippen LogP contribution in [-0.4, -0.2) is 18.0 Å². The van der Waals surface area contributed by atoms with Crippen LogP contribution in [0.25, 0.3) is 0 Å².